The molecule has 0 radical (unpaired) electrons. The van der Waals surface area contributed by atoms with Crippen molar-refractivity contribution in [2.24, 2.45) is 0 Å². The lowest BCUT2D eigenvalue weighted by atomic mass is 9.93. The van der Waals surface area contributed by atoms with Gasteiger partial charge in [-0.15, -0.1) is 10.2 Å². The molecule has 2 aromatic rings. The molecule has 0 saturated carbocycles. The van der Waals surface area contributed by atoms with Crippen molar-refractivity contribution in [2.75, 3.05) is 0 Å². The van der Waals surface area contributed by atoms with Crippen LogP contribution in [0.15, 0.2) is 13.3 Å². The van der Waals surface area contributed by atoms with E-state index >= 15 is 0 Å². The Hall–Kier alpha value is -0.470. The van der Waals surface area contributed by atoms with Crippen molar-refractivity contribution in [2.45, 2.75) is 49.2 Å². The minimum absolute atomic E-state index is 0.0304. The number of hydrogen-bond donors (Lipinski definition) is 0. The van der Waals surface area contributed by atoms with Gasteiger partial charge in [-0.1, -0.05) is 32.1 Å². The summed E-state index contributed by atoms with van der Waals surface area (Å²) in [7, 11) is 0. The maximum atomic E-state index is 4.63. The lowest BCUT2D eigenvalue weighted by Crippen LogP contribution is -2.12. The largest absolute Gasteiger partial charge is 0.238 e. The summed E-state index contributed by atoms with van der Waals surface area (Å²) < 4.78 is 2.00. The van der Waals surface area contributed by atoms with Gasteiger partial charge >= 0.3 is 0 Å². The third-order valence-corrected chi connectivity index (χ3v) is 4.78. The van der Waals surface area contributed by atoms with Gasteiger partial charge < -0.3 is 0 Å². The topological polar surface area (TPSA) is 56.5 Å². The van der Waals surface area contributed by atoms with Crippen molar-refractivity contribution in [3.05, 3.63) is 9.48 Å². The van der Waals surface area contributed by atoms with Gasteiger partial charge in [0.15, 0.2) is 4.34 Å². The van der Waals surface area contributed by atoms with Crippen molar-refractivity contribution in [1.82, 2.24) is 25.2 Å². The Morgan fingerprint density at radius 1 is 1.39 bits per heavy atom. The highest BCUT2D eigenvalue weighted by molar-refractivity contribution is 9.11. The second kappa shape index (κ2) is 5.26. The summed E-state index contributed by atoms with van der Waals surface area (Å²) in [6.45, 7) is 9.14. The standard InChI is InChI=1S/C10H14BrN5S2/c1-5-16-14-8(13-15-16)18-9-12-6(7(11)17-9)10(2,3)4/h5H2,1-4H3. The number of hydrogen-bond acceptors (Lipinski definition) is 6. The quantitative estimate of drug-likeness (QED) is 0.851. The summed E-state index contributed by atoms with van der Waals surface area (Å²) >= 11 is 6.62. The third kappa shape index (κ3) is 3.10. The Morgan fingerprint density at radius 2 is 2.11 bits per heavy atom. The molecule has 0 amide bonds. The van der Waals surface area contributed by atoms with Crippen molar-refractivity contribution in [3.8, 4) is 0 Å². The molecule has 18 heavy (non-hydrogen) atoms. The SMILES string of the molecule is CCn1nnc(Sc2nc(C(C)(C)C)c(Br)s2)n1. The van der Waals surface area contributed by atoms with E-state index in [9.17, 15) is 0 Å². The van der Waals surface area contributed by atoms with Gasteiger partial charge in [-0.05, 0) is 39.8 Å². The number of thiazole rings is 1. The highest BCUT2D eigenvalue weighted by Crippen LogP contribution is 2.38. The van der Waals surface area contributed by atoms with Crippen LogP contribution in [0.2, 0.25) is 0 Å². The van der Waals surface area contributed by atoms with Crippen molar-refractivity contribution < 1.29 is 0 Å². The molecule has 8 heteroatoms. The fourth-order valence-electron chi connectivity index (χ4n) is 1.27. The van der Waals surface area contributed by atoms with E-state index < -0.39 is 0 Å². The molecule has 2 rings (SSSR count). The summed E-state index contributed by atoms with van der Waals surface area (Å²) in [5.74, 6) is 0. The molecule has 98 valence electrons. The first-order valence-corrected chi connectivity index (χ1v) is 7.95. The minimum Gasteiger partial charge on any atom is -0.232 e. The summed E-state index contributed by atoms with van der Waals surface area (Å²) in [5.41, 5.74) is 1.10. The van der Waals surface area contributed by atoms with E-state index in [1.165, 1.54) is 11.8 Å². The number of halogens is 1. The predicted molar refractivity (Wildman–Crippen MR) is 76.1 cm³/mol. The summed E-state index contributed by atoms with van der Waals surface area (Å²) in [6.07, 6.45) is 0. The Balaban J connectivity index is 2.20. The molecule has 5 nitrogen and oxygen atoms in total. The third-order valence-electron chi connectivity index (χ3n) is 2.17. The summed E-state index contributed by atoms with van der Waals surface area (Å²) in [5, 5.41) is 12.8. The van der Waals surface area contributed by atoms with Gasteiger partial charge in [-0.25, -0.2) is 4.98 Å². The van der Waals surface area contributed by atoms with Crippen LogP contribution >= 0.6 is 39.0 Å². The van der Waals surface area contributed by atoms with E-state index in [2.05, 4.69) is 57.1 Å². The van der Waals surface area contributed by atoms with Gasteiger partial charge in [0, 0.05) is 5.41 Å². The number of nitrogens with zero attached hydrogens (tertiary/aromatic N) is 5. The van der Waals surface area contributed by atoms with E-state index in [1.807, 2.05) is 6.92 Å². The number of tetrazole rings is 1. The first kappa shape index (κ1) is 14.0. The van der Waals surface area contributed by atoms with Crippen LogP contribution < -0.4 is 0 Å². The highest BCUT2D eigenvalue weighted by Gasteiger charge is 2.22. The van der Waals surface area contributed by atoms with Gasteiger partial charge in [-0.2, -0.15) is 4.80 Å². The van der Waals surface area contributed by atoms with Crippen LogP contribution in [0.4, 0.5) is 0 Å². The molecule has 0 aliphatic rings. The average Bonchev–Trinajstić information content (AvgIpc) is 2.84. The fraction of sp³-hybridized carbons (Fsp3) is 0.600. The molecule has 0 fully saturated rings. The second-order valence-electron chi connectivity index (χ2n) is 4.71. The first-order chi connectivity index (χ1) is 8.40. The molecule has 0 N–H and O–H groups in total. The van der Waals surface area contributed by atoms with Crippen molar-refractivity contribution in [1.29, 1.82) is 0 Å². The van der Waals surface area contributed by atoms with E-state index in [-0.39, 0.29) is 5.41 Å². The lowest BCUT2D eigenvalue weighted by molar-refractivity contribution is 0.548. The second-order valence-corrected chi connectivity index (χ2v) is 8.25. The normalized spacial score (nSPS) is 12.1. The first-order valence-electron chi connectivity index (χ1n) is 5.52. The van der Waals surface area contributed by atoms with Crippen LogP contribution in [-0.4, -0.2) is 25.2 Å². The molecule has 0 bridgehead atoms. The zero-order valence-electron chi connectivity index (χ0n) is 10.6. The maximum absolute atomic E-state index is 4.63. The molecular formula is C10H14BrN5S2. The Labute approximate surface area is 123 Å². The molecule has 0 aliphatic heterocycles. The smallest absolute Gasteiger partial charge is 0.232 e. The van der Waals surface area contributed by atoms with Crippen LogP contribution in [0.3, 0.4) is 0 Å². The van der Waals surface area contributed by atoms with Gasteiger partial charge in [-0.3, -0.25) is 0 Å². The molecular weight excluding hydrogens is 334 g/mol. The Morgan fingerprint density at radius 3 is 2.61 bits per heavy atom. The lowest BCUT2D eigenvalue weighted by Gasteiger charge is -2.15. The summed E-state index contributed by atoms with van der Waals surface area (Å²) in [6, 6.07) is 0. The van der Waals surface area contributed by atoms with E-state index in [0.717, 1.165) is 20.4 Å². The van der Waals surface area contributed by atoms with E-state index in [1.54, 1.807) is 16.1 Å². The molecule has 0 spiro atoms. The average molecular weight is 348 g/mol. The fourth-order valence-corrected chi connectivity index (χ4v) is 4.62. The van der Waals surface area contributed by atoms with Crippen LogP contribution in [0, 0.1) is 0 Å². The minimum atomic E-state index is 0.0304. The monoisotopic (exact) mass is 347 g/mol. The molecule has 0 unspecified atom stereocenters. The van der Waals surface area contributed by atoms with Crippen molar-refractivity contribution in [3.63, 3.8) is 0 Å². The van der Waals surface area contributed by atoms with E-state index in [0.29, 0.717) is 5.16 Å². The maximum Gasteiger partial charge on any atom is 0.238 e. The molecule has 0 aromatic carbocycles. The summed E-state index contributed by atoms with van der Waals surface area (Å²) in [4.78, 5) is 6.19. The zero-order valence-corrected chi connectivity index (χ0v) is 13.9. The van der Waals surface area contributed by atoms with Gasteiger partial charge in [0.25, 0.3) is 0 Å². The molecule has 2 heterocycles. The Bertz CT molecular complexity index is 543. The van der Waals surface area contributed by atoms with Crippen LogP contribution in [-0.2, 0) is 12.0 Å². The number of rotatable bonds is 3. The molecule has 0 saturated heterocycles. The van der Waals surface area contributed by atoms with Gasteiger partial charge in [0.1, 0.15) is 0 Å². The zero-order chi connectivity index (χ0) is 13.3. The van der Waals surface area contributed by atoms with Crippen LogP contribution in [0.1, 0.15) is 33.4 Å². The van der Waals surface area contributed by atoms with Crippen LogP contribution in [0.25, 0.3) is 0 Å². The molecule has 0 aliphatic carbocycles. The molecule has 2 aromatic heterocycles. The Kier molecular flexibility index (Phi) is 4.08. The predicted octanol–water partition coefficient (Wildman–Crippen LogP) is 3.36. The number of aryl methyl sites for hydroxylation is 1. The van der Waals surface area contributed by atoms with Gasteiger partial charge in [0.05, 0.1) is 16.0 Å². The molecule has 0 atom stereocenters. The van der Waals surface area contributed by atoms with Crippen molar-refractivity contribution >= 4 is 39.0 Å². The number of aromatic nitrogens is 5. The van der Waals surface area contributed by atoms with Gasteiger partial charge in [0.2, 0.25) is 5.16 Å². The highest BCUT2D eigenvalue weighted by atomic mass is 79.9. The van der Waals surface area contributed by atoms with E-state index in [4.69, 9.17) is 0 Å². The van der Waals surface area contributed by atoms with Crippen LogP contribution in [0.5, 0.6) is 0 Å².